The molecule has 6 N–H and O–H groups in total. The highest BCUT2D eigenvalue weighted by atomic mass is 16.3. The number of amides is 1. The third-order valence-corrected chi connectivity index (χ3v) is 2.61. The lowest BCUT2D eigenvalue weighted by molar-refractivity contribution is -0.125. The maximum absolute atomic E-state index is 10.8. The van der Waals surface area contributed by atoms with E-state index in [1.54, 1.807) is 0 Å². The van der Waals surface area contributed by atoms with Crippen molar-refractivity contribution in [2.45, 2.75) is 19.4 Å². The lowest BCUT2D eigenvalue weighted by atomic mass is 10.3. The molecule has 0 aromatic carbocycles. The van der Waals surface area contributed by atoms with Gasteiger partial charge in [0.25, 0.3) is 0 Å². The number of rotatable bonds is 7. The van der Waals surface area contributed by atoms with Gasteiger partial charge in [-0.3, -0.25) is 4.79 Å². The zero-order valence-electron chi connectivity index (χ0n) is 11.1. The number of nitrogens with zero attached hydrogens (tertiary/aromatic N) is 3. The Balaban J connectivity index is 2.21. The topological polar surface area (TPSA) is 142 Å². The lowest BCUT2D eigenvalue weighted by Crippen LogP contribution is -2.34. The maximum Gasteiger partial charge on any atom is 0.248 e. The number of nitrogens with two attached hydrogens (primary N) is 1. The number of H-pyrrole nitrogens is 1. The summed E-state index contributed by atoms with van der Waals surface area (Å²) in [4.78, 5) is 26.3. The second-order valence-corrected chi connectivity index (χ2v) is 4.22. The van der Waals surface area contributed by atoms with Crippen molar-refractivity contribution in [1.82, 2.24) is 19.9 Å². The van der Waals surface area contributed by atoms with Crippen molar-refractivity contribution in [3.63, 3.8) is 0 Å². The average molecular weight is 279 g/mol. The SMILES string of the molecule is CCCNc1nc(NCC(O)C(N)=O)c2[nH]cnc2n1. The van der Waals surface area contributed by atoms with Crippen LogP contribution in [0.2, 0.25) is 0 Å². The minimum absolute atomic E-state index is 0.0340. The molecule has 0 saturated heterocycles. The number of primary amides is 1. The number of aliphatic hydroxyl groups excluding tert-OH is 1. The van der Waals surface area contributed by atoms with E-state index in [0.29, 0.717) is 22.9 Å². The summed E-state index contributed by atoms with van der Waals surface area (Å²) < 4.78 is 0. The molecule has 0 radical (unpaired) electrons. The molecule has 1 amide bonds. The molecule has 9 nitrogen and oxygen atoms in total. The number of aromatic amines is 1. The fraction of sp³-hybridized carbons (Fsp3) is 0.455. The number of aromatic nitrogens is 4. The molecule has 20 heavy (non-hydrogen) atoms. The van der Waals surface area contributed by atoms with Gasteiger partial charge in [-0.15, -0.1) is 0 Å². The molecule has 9 heteroatoms. The van der Waals surface area contributed by atoms with Crippen LogP contribution in [0, 0.1) is 0 Å². The monoisotopic (exact) mass is 279 g/mol. The van der Waals surface area contributed by atoms with Crippen LogP contribution in [-0.2, 0) is 4.79 Å². The molecule has 1 unspecified atom stereocenters. The molecule has 0 aliphatic rings. The summed E-state index contributed by atoms with van der Waals surface area (Å²) >= 11 is 0. The van der Waals surface area contributed by atoms with Crippen molar-refractivity contribution in [1.29, 1.82) is 0 Å². The highest BCUT2D eigenvalue weighted by Crippen LogP contribution is 2.18. The number of hydrogen-bond donors (Lipinski definition) is 5. The number of carbonyl (C=O) groups excluding carboxylic acids is 1. The molecule has 0 fully saturated rings. The molecule has 0 aliphatic carbocycles. The first-order chi connectivity index (χ1) is 9.61. The predicted octanol–water partition coefficient (Wildman–Crippen LogP) is -0.567. The van der Waals surface area contributed by atoms with Crippen LogP contribution in [0.5, 0.6) is 0 Å². The van der Waals surface area contributed by atoms with Crippen LogP contribution in [0.3, 0.4) is 0 Å². The van der Waals surface area contributed by atoms with Crippen molar-refractivity contribution in [2.24, 2.45) is 5.73 Å². The Kier molecular flexibility index (Phi) is 4.31. The van der Waals surface area contributed by atoms with E-state index >= 15 is 0 Å². The number of carbonyl (C=O) groups is 1. The van der Waals surface area contributed by atoms with Gasteiger partial charge in [0, 0.05) is 6.54 Å². The first-order valence-electron chi connectivity index (χ1n) is 6.28. The predicted molar refractivity (Wildman–Crippen MR) is 74.2 cm³/mol. The van der Waals surface area contributed by atoms with E-state index in [4.69, 9.17) is 5.73 Å². The molecule has 1 atom stereocenters. The lowest BCUT2D eigenvalue weighted by Gasteiger charge is -2.11. The summed E-state index contributed by atoms with van der Waals surface area (Å²) in [5, 5.41) is 15.3. The van der Waals surface area contributed by atoms with Crippen LogP contribution in [0.25, 0.3) is 11.2 Å². The van der Waals surface area contributed by atoms with Crippen LogP contribution < -0.4 is 16.4 Å². The second kappa shape index (κ2) is 6.15. The van der Waals surface area contributed by atoms with Crippen molar-refractivity contribution in [2.75, 3.05) is 23.7 Å². The van der Waals surface area contributed by atoms with Crippen LogP contribution in [0.4, 0.5) is 11.8 Å². The molecular weight excluding hydrogens is 262 g/mol. The standard InChI is InChI=1S/C11H17N7O2/c1-2-3-13-11-17-9(14-4-6(19)8(12)20)7-10(18-11)16-5-15-7/h5-6,19H,2-4H2,1H3,(H2,12,20)(H3,13,14,15,16,17,18). The molecular formula is C11H17N7O2. The zero-order valence-corrected chi connectivity index (χ0v) is 11.1. The fourth-order valence-electron chi connectivity index (χ4n) is 1.57. The van der Waals surface area contributed by atoms with E-state index < -0.39 is 12.0 Å². The minimum Gasteiger partial charge on any atom is -0.381 e. The van der Waals surface area contributed by atoms with Crippen LogP contribution in [0.15, 0.2) is 6.33 Å². The van der Waals surface area contributed by atoms with Crippen LogP contribution in [-0.4, -0.2) is 50.1 Å². The molecule has 0 aliphatic heterocycles. The number of anilines is 2. The largest absolute Gasteiger partial charge is 0.381 e. The van der Waals surface area contributed by atoms with Gasteiger partial charge < -0.3 is 26.5 Å². The third-order valence-electron chi connectivity index (χ3n) is 2.61. The van der Waals surface area contributed by atoms with Gasteiger partial charge in [-0.05, 0) is 6.42 Å². The fourth-order valence-corrected chi connectivity index (χ4v) is 1.57. The first-order valence-corrected chi connectivity index (χ1v) is 6.28. The normalized spacial score (nSPS) is 12.3. The van der Waals surface area contributed by atoms with Crippen molar-refractivity contribution in [3.8, 4) is 0 Å². The number of imidazole rings is 1. The third kappa shape index (κ3) is 3.12. The Bertz CT molecular complexity index is 597. The molecule has 0 bridgehead atoms. The molecule has 108 valence electrons. The average Bonchev–Trinajstić information content (AvgIpc) is 2.90. The smallest absolute Gasteiger partial charge is 0.248 e. The maximum atomic E-state index is 10.8. The van der Waals surface area contributed by atoms with E-state index in [9.17, 15) is 9.90 Å². The second-order valence-electron chi connectivity index (χ2n) is 4.22. The molecule has 2 rings (SSSR count). The Hall–Kier alpha value is -2.42. The highest BCUT2D eigenvalue weighted by Gasteiger charge is 2.14. The summed E-state index contributed by atoms with van der Waals surface area (Å²) in [6.45, 7) is 2.73. The van der Waals surface area contributed by atoms with E-state index in [1.165, 1.54) is 6.33 Å². The van der Waals surface area contributed by atoms with E-state index in [1.807, 2.05) is 6.92 Å². The van der Waals surface area contributed by atoms with Gasteiger partial charge in [-0.2, -0.15) is 9.97 Å². The Morgan fingerprint density at radius 3 is 3.00 bits per heavy atom. The summed E-state index contributed by atoms with van der Waals surface area (Å²) in [5.41, 5.74) is 6.09. The Labute approximate surface area is 115 Å². The number of aliphatic hydroxyl groups is 1. The summed E-state index contributed by atoms with van der Waals surface area (Å²) in [6, 6.07) is 0. The Morgan fingerprint density at radius 2 is 2.30 bits per heavy atom. The summed E-state index contributed by atoms with van der Waals surface area (Å²) in [5.74, 6) is 0.0886. The van der Waals surface area contributed by atoms with Gasteiger partial charge >= 0.3 is 0 Å². The molecule has 2 aromatic rings. The van der Waals surface area contributed by atoms with E-state index in [0.717, 1.165) is 13.0 Å². The Morgan fingerprint density at radius 1 is 1.50 bits per heavy atom. The van der Waals surface area contributed by atoms with Crippen LogP contribution >= 0.6 is 0 Å². The quantitative estimate of drug-likeness (QED) is 0.457. The van der Waals surface area contributed by atoms with E-state index in [-0.39, 0.29) is 6.54 Å². The molecule has 2 heterocycles. The summed E-state index contributed by atoms with van der Waals surface area (Å²) in [6.07, 6.45) is 1.15. The van der Waals surface area contributed by atoms with Gasteiger partial charge in [0.2, 0.25) is 11.9 Å². The first kappa shape index (κ1) is 14.0. The van der Waals surface area contributed by atoms with Gasteiger partial charge in [-0.1, -0.05) is 6.92 Å². The zero-order chi connectivity index (χ0) is 14.5. The van der Waals surface area contributed by atoms with Gasteiger partial charge in [0.15, 0.2) is 11.5 Å². The summed E-state index contributed by atoms with van der Waals surface area (Å²) in [7, 11) is 0. The highest BCUT2D eigenvalue weighted by molar-refractivity contribution is 5.84. The van der Waals surface area contributed by atoms with Gasteiger partial charge in [0.1, 0.15) is 11.6 Å². The number of nitrogens with one attached hydrogen (secondary N) is 3. The van der Waals surface area contributed by atoms with Crippen LogP contribution in [0.1, 0.15) is 13.3 Å². The molecule has 0 spiro atoms. The van der Waals surface area contributed by atoms with E-state index in [2.05, 4.69) is 30.6 Å². The van der Waals surface area contributed by atoms with Crippen molar-refractivity contribution in [3.05, 3.63) is 6.33 Å². The number of hydrogen-bond acceptors (Lipinski definition) is 7. The molecule has 2 aromatic heterocycles. The van der Waals surface area contributed by atoms with Gasteiger partial charge in [0.05, 0.1) is 12.9 Å². The minimum atomic E-state index is -1.28. The van der Waals surface area contributed by atoms with Crippen molar-refractivity contribution < 1.29 is 9.90 Å². The molecule has 0 saturated carbocycles. The van der Waals surface area contributed by atoms with Crippen molar-refractivity contribution >= 4 is 28.8 Å². The van der Waals surface area contributed by atoms with Gasteiger partial charge in [-0.25, -0.2) is 4.98 Å². The number of fused-ring (bicyclic) bond motifs is 1.